The molecule has 0 bridgehead atoms. The van der Waals surface area contributed by atoms with Crippen LogP contribution in [0.15, 0.2) is 35.0 Å². The molecule has 0 fully saturated rings. The fraction of sp³-hybridized carbons (Fsp3) is 0.231. The number of thiophene rings is 1. The molecule has 1 aromatic heterocycles. The zero-order valence-electron chi connectivity index (χ0n) is 9.36. The third-order valence-corrected chi connectivity index (χ3v) is 3.43. The largest absolute Gasteiger partial charge is 0.487 e. The van der Waals surface area contributed by atoms with Gasteiger partial charge in [0.1, 0.15) is 12.4 Å². The fourth-order valence-electron chi connectivity index (χ4n) is 1.52. The Hall–Kier alpha value is -1.03. The van der Waals surface area contributed by atoms with Crippen LogP contribution in [0.4, 0.5) is 0 Å². The molecule has 1 aromatic carbocycles. The highest BCUT2D eigenvalue weighted by molar-refractivity contribution is 7.07. The van der Waals surface area contributed by atoms with Crippen molar-refractivity contribution in [3.05, 3.63) is 51.2 Å². The molecule has 2 aromatic rings. The van der Waals surface area contributed by atoms with Crippen LogP contribution in [0.2, 0.25) is 5.02 Å². The predicted molar refractivity (Wildman–Crippen MR) is 72.9 cm³/mol. The molecule has 0 unspecified atom stereocenters. The van der Waals surface area contributed by atoms with Crippen molar-refractivity contribution in [1.29, 1.82) is 0 Å². The Morgan fingerprint density at radius 1 is 1.24 bits per heavy atom. The highest BCUT2D eigenvalue weighted by atomic mass is 35.5. The van der Waals surface area contributed by atoms with Crippen LogP contribution in [-0.4, -0.2) is 6.54 Å². The first kappa shape index (κ1) is 12.4. The number of nitrogens with two attached hydrogens (primary N) is 1. The molecule has 2 rings (SSSR count). The lowest BCUT2D eigenvalue weighted by Gasteiger charge is -2.08. The SMILES string of the molecule is NCCc1ccc(OCc2ccsc2)c(Cl)c1. The van der Waals surface area contributed by atoms with Gasteiger partial charge in [0.15, 0.2) is 0 Å². The van der Waals surface area contributed by atoms with Gasteiger partial charge in [0.2, 0.25) is 0 Å². The molecule has 90 valence electrons. The number of halogens is 1. The van der Waals surface area contributed by atoms with Crippen LogP contribution in [0.5, 0.6) is 5.75 Å². The van der Waals surface area contributed by atoms with Crippen molar-refractivity contribution in [2.45, 2.75) is 13.0 Å². The van der Waals surface area contributed by atoms with Crippen molar-refractivity contribution in [2.24, 2.45) is 5.73 Å². The molecule has 0 spiro atoms. The number of rotatable bonds is 5. The Balaban J connectivity index is 2.01. The predicted octanol–water partition coefficient (Wildman–Crippen LogP) is 3.48. The van der Waals surface area contributed by atoms with Gasteiger partial charge in [0.05, 0.1) is 5.02 Å². The van der Waals surface area contributed by atoms with Gasteiger partial charge in [-0.1, -0.05) is 17.7 Å². The first-order chi connectivity index (χ1) is 8.29. The van der Waals surface area contributed by atoms with Gasteiger partial charge >= 0.3 is 0 Å². The summed E-state index contributed by atoms with van der Waals surface area (Å²) in [7, 11) is 0. The summed E-state index contributed by atoms with van der Waals surface area (Å²) >= 11 is 7.80. The van der Waals surface area contributed by atoms with Crippen LogP contribution in [0.1, 0.15) is 11.1 Å². The number of ether oxygens (including phenoxy) is 1. The number of hydrogen-bond acceptors (Lipinski definition) is 3. The molecule has 2 N–H and O–H groups in total. The minimum Gasteiger partial charge on any atom is -0.487 e. The summed E-state index contributed by atoms with van der Waals surface area (Å²) in [6.07, 6.45) is 0.838. The molecular weight excluding hydrogens is 254 g/mol. The summed E-state index contributed by atoms with van der Waals surface area (Å²) in [5.74, 6) is 0.721. The average Bonchev–Trinajstić information content (AvgIpc) is 2.81. The van der Waals surface area contributed by atoms with E-state index in [0.717, 1.165) is 23.3 Å². The van der Waals surface area contributed by atoms with Crippen molar-refractivity contribution < 1.29 is 4.74 Å². The molecule has 0 radical (unpaired) electrons. The van der Waals surface area contributed by atoms with Crippen molar-refractivity contribution in [3.63, 3.8) is 0 Å². The second-order valence-electron chi connectivity index (χ2n) is 3.72. The monoisotopic (exact) mass is 267 g/mol. The van der Waals surface area contributed by atoms with E-state index in [1.807, 2.05) is 29.6 Å². The Labute approximate surface area is 110 Å². The van der Waals surface area contributed by atoms with E-state index in [0.29, 0.717) is 18.2 Å². The molecule has 0 saturated heterocycles. The second kappa shape index (κ2) is 6.05. The van der Waals surface area contributed by atoms with E-state index in [4.69, 9.17) is 22.1 Å². The summed E-state index contributed by atoms with van der Waals surface area (Å²) < 4.78 is 5.66. The van der Waals surface area contributed by atoms with Crippen molar-refractivity contribution in [2.75, 3.05) is 6.54 Å². The average molecular weight is 268 g/mol. The molecule has 0 atom stereocenters. The summed E-state index contributed by atoms with van der Waals surface area (Å²) in [5, 5.41) is 4.74. The number of hydrogen-bond donors (Lipinski definition) is 1. The third kappa shape index (κ3) is 3.46. The highest BCUT2D eigenvalue weighted by Gasteiger charge is 2.03. The summed E-state index contributed by atoms with van der Waals surface area (Å²) in [5.41, 5.74) is 7.80. The van der Waals surface area contributed by atoms with Crippen molar-refractivity contribution in [1.82, 2.24) is 0 Å². The smallest absolute Gasteiger partial charge is 0.138 e. The lowest BCUT2D eigenvalue weighted by molar-refractivity contribution is 0.307. The molecule has 0 aliphatic rings. The zero-order chi connectivity index (χ0) is 12.1. The van der Waals surface area contributed by atoms with Crippen LogP contribution in [-0.2, 0) is 13.0 Å². The van der Waals surface area contributed by atoms with Gasteiger partial charge in [-0.3, -0.25) is 0 Å². The van der Waals surface area contributed by atoms with Crippen molar-refractivity contribution >= 4 is 22.9 Å². The first-order valence-corrected chi connectivity index (χ1v) is 6.74. The van der Waals surface area contributed by atoms with E-state index in [2.05, 4.69) is 5.38 Å². The highest BCUT2D eigenvalue weighted by Crippen LogP contribution is 2.26. The van der Waals surface area contributed by atoms with E-state index in [9.17, 15) is 0 Å². The van der Waals surface area contributed by atoms with Crippen LogP contribution in [0.25, 0.3) is 0 Å². The van der Waals surface area contributed by atoms with Gasteiger partial charge in [-0.15, -0.1) is 0 Å². The summed E-state index contributed by atoms with van der Waals surface area (Å²) in [4.78, 5) is 0. The minimum atomic E-state index is 0.555. The van der Waals surface area contributed by atoms with E-state index >= 15 is 0 Å². The molecule has 0 amide bonds. The van der Waals surface area contributed by atoms with E-state index < -0.39 is 0 Å². The van der Waals surface area contributed by atoms with E-state index in [1.54, 1.807) is 11.3 Å². The maximum absolute atomic E-state index is 6.14. The molecule has 0 aliphatic heterocycles. The Kier molecular flexibility index (Phi) is 4.42. The molecule has 0 aliphatic carbocycles. The maximum atomic E-state index is 6.14. The Bertz CT molecular complexity index is 470. The molecule has 2 nitrogen and oxygen atoms in total. The van der Waals surface area contributed by atoms with Gasteiger partial charge in [-0.05, 0) is 53.1 Å². The molecular formula is C13H14ClNOS. The van der Waals surface area contributed by atoms with Crippen LogP contribution in [0.3, 0.4) is 0 Å². The fourth-order valence-corrected chi connectivity index (χ4v) is 2.43. The topological polar surface area (TPSA) is 35.2 Å². The minimum absolute atomic E-state index is 0.555. The molecule has 17 heavy (non-hydrogen) atoms. The molecule has 0 saturated carbocycles. The first-order valence-electron chi connectivity index (χ1n) is 5.42. The lowest BCUT2D eigenvalue weighted by atomic mass is 10.1. The van der Waals surface area contributed by atoms with Gasteiger partial charge in [0, 0.05) is 0 Å². The van der Waals surface area contributed by atoms with Crippen LogP contribution in [0, 0.1) is 0 Å². The summed E-state index contributed by atoms with van der Waals surface area (Å²) in [6.45, 7) is 1.19. The lowest BCUT2D eigenvalue weighted by Crippen LogP contribution is -2.02. The zero-order valence-corrected chi connectivity index (χ0v) is 10.9. The quantitative estimate of drug-likeness (QED) is 0.900. The Morgan fingerprint density at radius 3 is 2.76 bits per heavy atom. The second-order valence-corrected chi connectivity index (χ2v) is 4.91. The standard InChI is InChI=1S/C13H14ClNOS/c14-12-7-10(3-5-15)1-2-13(12)16-8-11-4-6-17-9-11/h1-2,4,6-7,9H,3,5,8,15H2. The Morgan fingerprint density at radius 2 is 2.12 bits per heavy atom. The molecule has 1 heterocycles. The normalized spacial score (nSPS) is 10.5. The van der Waals surface area contributed by atoms with Gasteiger partial charge in [-0.2, -0.15) is 11.3 Å². The maximum Gasteiger partial charge on any atom is 0.138 e. The van der Waals surface area contributed by atoms with Gasteiger partial charge in [0.25, 0.3) is 0 Å². The molecule has 4 heteroatoms. The van der Waals surface area contributed by atoms with Crippen molar-refractivity contribution in [3.8, 4) is 5.75 Å². The van der Waals surface area contributed by atoms with Crippen LogP contribution >= 0.6 is 22.9 Å². The number of benzene rings is 1. The van der Waals surface area contributed by atoms with E-state index in [1.165, 1.54) is 0 Å². The van der Waals surface area contributed by atoms with Crippen LogP contribution < -0.4 is 10.5 Å². The summed E-state index contributed by atoms with van der Waals surface area (Å²) in [6, 6.07) is 7.86. The van der Waals surface area contributed by atoms with E-state index in [-0.39, 0.29) is 0 Å². The van der Waals surface area contributed by atoms with Gasteiger partial charge in [-0.25, -0.2) is 0 Å². The third-order valence-electron chi connectivity index (χ3n) is 2.40. The van der Waals surface area contributed by atoms with Gasteiger partial charge < -0.3 is 10.5 Å².